The van der Waals surface area contributed by atoms with Crippen LogP contribution in [0.2, 0.25) is 0 Å². The van der Waals surface area contributed by atoms with Gasteiger partial charge in [0.1, 0.15) is 0 Å². The zero-order valence-corrected chi connectivity index (χ0v) is 10.2. The van der Waals surface area contributed by atoms with E-state index in [2.05, 4.69) is 0 Å². The summed E-state index contributed by atoms with van der Waals surface area (Å²) in [5, 5.41) is 0. The summed E-state index contributed by atoms with van der Waals surface area (Å²) >= 11 is 0. The van der Waals surface area contributed by atoms with Crippen LogP contribution in [0.25, 0.3) is 0 Å². The summed E-state index contributed by atoms with van der Waals surface area (Å²) in [6.07, 6.45) is 0. The van der Waals surface area contributed by atoms with Crippen LogP contribution in [0.5, 0.6) is 0 Å². The molecule has 3 radical (unpaired) electrons. The molecular formula is CrCuFeSeZn. The van der Waals surface area contributed by atoms with Crippen molar-refractivity contribution in [1.82, 2.24) is 0 Å². The third-order valence-electron chi connectivity index (χ3n) is 0. The fraction of sp³-hybridized carbons (Fsp3) is 0. The first kappa shape index (κ1) is 47.2. The predicted molar refractivity (Wildman–Crippen MR) is 5.75 cm³/mol. The molecule has 0 saturated heterocycles. The van der Waals surface area contributed by atoms with Crippen molar-refractivity contribution >= 4 is 17.1 Å². The van der Waals surface area contributed by atoms with Gasteiger partial charge in [-0.25, -0.2) is 0 Å². The van der Waals surface area contributed by atoms with E-state index in [0.29, 0.717) is 0 Å². The second-order valence-electron chi connectivity index (χ2n) is 0. The normalized spacial score (nSPS) is 0. The average Bonchev–Trinajstić information content (AvgIpc) is 0. The van der Waals surface area contributed by atoms with Crippen molar-refractivity contribution in [2.45, 2.75) is 0 Å². The minimum Gasteiger partial charge on any atom is 0 e. The van der Waals surface area contributed by atoms with E-state index >= 15 is 0 Å². The Morgan fingerprint density at radius 3 is 1.00 bits per heavy atom. The molecule has 0 fully saturated rings. The van der Waals surface area contributed by atoms with Gasteiger partial charge in [0.05, 0.1) is 0 Å². The fourth-order valence-corrected chi connectivity index (χ4v) is 0. The van der Waals surface area contributed by atoms with E-state index in [1.165, 1.54) is 0 Å². The van der Waals surface area contributed by atoms with Crippen molar-refractivity contribution in [2.24, 2.45) is 0 Å². The van der Waals surface area contributed by atoms with Gasteiger partial charge >= 0.3 is 0 Å². The molecule has 0 aliphatic rings. The molecule has 0 unspecified atom stereocenters. The van der Waals surface area contributed by atoms with Gasteiger partial charge in [-0.05, 0) is 0 Å². The van der Waals surface area contributed by atoms with Gasteiger partial charge in [0.15, 0.2) is 0 Å². The van der Waals surface area contributed by atoms with E-state index < -0.39 is 0 Å². The molecule has 5 heavy (non-hydrogen) atoms. The molecule has 0 aromatic carbocycles. The molecule has 0 spiro atoms. The third-order valence-corrected chi connectivity index (χ3v) is 0. The summed E-state index contributed by atoms with van der Waals surface area (Å²) in [5.41, 5.74) is 0. The average molecular weight is 316 g/mol. The zero-order valence-electron chi connectivity index (χ0n) is 2.18. The maximum atomic E-state index is 0. The first-order valence-corrected chi connectivity index (χ1v) is 0. The second-order valence-corrected chi connectivity index (χ2v) is 0. The van der Waals surface area contributed by atoms with Crippen molar-refractivity contribution in [1.29, 1.82) is 0 Å². The Morgan fingerprint density at radius 1 is 1.00 bits per heavy atom. The summed E-state index contributed by atoms with van der Waals surface area (Å²) in [4.78, 5) is 0. The number of hydrogen-bond donors (Lipinski definition) is 0. The molecule has 0 bridgehead atoms. The van der Waals surface area contributed by atoms with E-state index in [-0.39, 0.29) is 88.0 Å². The van der Waals surface area contributed by atoms with Crippen LogP contribution >= 0.6 is 0 Å². The molecule has 33 valence electrons. The molecule has 0 aliphatic carbocycles. The van der Waals surface area contributed by atoms with Crippen LogP contribution in [-0.4, -0.2) is 17.1 Å². The van der Waals surface area contributed by atoms with E-state index in [1.54, 1.807) is 0 Å². The van der Waals surface area contributed by atoms with Crippen LogP contribution in [0.4, 0.5) is 0 Å². The fourth-order valence-electron chi connectivity index (χ4n) is 0. The Morgan fingerprint density at radius 2 is 1.00 bits per heavy atom. The molecule has 0 N–H and O–H groups in total. The van der Waals surface area contributed by atoms with Gasteiger partial charge in [-0.15, -0.1) is 0 Å². The first-order valence-electron chi connectivity index (χ1n) is 0. The van der Waals surface area contributed by atoms with Crippen LogP contribution in [-0.2, 0) is 71.0 Å². The van der Waals surface area contributed by atoms with Gasteiger partial charge in [-0.2, -0.15) is 0 Å². The SMILES string of the molecule is [Cr].[Cu].[Fe].[Se].[Zn]. The zero-order chi connectivity index (χ0) is 0. The van der Waals surface area contributed by atoms with E-state index in [0.717, 1.165) is 0 Å². The minimum absolute atomic E-state index is 0. The van der Waals surface area contributed by atoms with Gasteiger partial charge in [0.25, 0.3) is 0 Å². The van der Waals surface area contributed by atoms with Crippen LogP contribution in [0.3, 0.4) is 0 Å². The second kappa shape index (κ2) is 29.8. The summed E-state index contributed by atoms with van der Waals surface area (Å²) in [6, 6.07) is 0. The van der Waals surface area contributed by atoms with Gasteiger partial charge in [0.2, 0.25) is 0 Å². The van der Waals surface area contributed by atoms with Crippen molar-refractivity contribution in [3.05, 3.63) is 0 Å². The summed E-state index contributed by atoms with van der Waals surface area (Å²) < 4.78 is 0. The molecule has 5 heteroatoms. The molecule has 0 aromatic rings. The van der Waals surface area contributed by atoms with Crippen molar-refractivity contribution in [3.63, 3.8) is 0 Å². The molecular weight excluding hydrogens is 316 g/mol. The van der Waals surface area contributed by atoms with E-state index in [4.69, 9.17) is 0 Å². The molecule has 0 aliphatic heterocycles. The summed E-state index contributed by atoms with van der Waals surface area (Å²) in [7, 11) is 0. The summed E-state index contributed by atoms with van der Waals surface area (Å²) in [6.45, 7) is 0. The van der Waals surface area contributed by atoms with E-state index in [9.17, 15) is 0 Å². The maximum absolute atomic E-state index is 0. The third kappa shape index (κ3) is 20.3. The van der Waals surface area contributed by atoms with Gasteiger partial charge in [-0.1, -0.05) is 0 Å². The van der Waals surface area contributed by atoms with Crippen molar-refractivity contribution in [2.75, 3.05) is 0 Å². The smallest absolute Gasteiger partial charge is 0 e. The molecule has 0 heterocycles. The van der Waals surface area contributed by atoms with E-state index in [1.807, 2.05) is 0 Å². The quantitative estimate of drug-likeness (QED) is 0.534. The topological polar surface area (TPSA) is 0 Å². The van der Waals surface area contributed by atoms with Crippen LogP contribution in [0, 0.1) is 0 Å². The Balaban J connectivity index is 0. The molecule has 0 nitrogen and oxygen atoms in total. The van der Waals surface area contributed by atoms with Crippen LogP contribution < -0.4 is 0 Å². The standard InChI is InChI=1S/Cr.Cu.Fe.Se.Zn. The molecule has 0 rings (SSSR count). The Kier molecular flexibility index (Phi) is 281. The Labute approximate surface area is 86.9 Å². The summed E-state index contributed by atoms with van der Waals surface area (Å²) in [5.74, 6) is 0. The number of hydrogen-bond acceptors (Lipinski definition) is 0. The maximum Gasteiger partial charge on any atom is 0 e. The minimum atomic E-state index is 0. The Hall–Kier alpha value is 2.71. The van der Waals surface area contributed by atoms with Gasteiger partial charge < -0.3 is 0 Å². The molecule has 0 aromatic heterocycles. The van der Waals surface area contributed by atoms with Gasteiger partial charge in [0, 0.05) is 88.0 Å². The predicted octanol–water partition coefficient (Wildman–Crippen LogP) is -0.391. The monoisotopic (exact) mass is 315 g/mol. The molecule has 0 atom stereocenters. The largest absolute Gasteiger partial charge is 0 e. The van der Waals surface area contributed by atoms with Crippen LogP contribution in [0.15, 0.2) is 0 Å². The molecule has 0 saturated carbocycles. The van der Waals surface area contributed by atoms with Crippen LogP contribution in [0.1, 0.15) is 0 Å². The van der Waals surface area contributed by atoms with Gasteiger partial charge in [-0.3, -0.25) is 0 Å². The van der Waals surface area contributed by atoms with Crippen molar-refractivity contribution in [3.8, 4) is 0 Å². The first-order chi connectivity index (χ1) is 0. The van der Waals surface area contributed by atoms with Crippen molar-refractivity contribution < 1.29 is 71.0 Å². The number of rotatable bonds is 0. The molecule has 0 amide bonds. The Bertz CT molecular complexity index is 11.6.